The standard InChI is InChI=1S/C8H9ClN4O/c1-12-7-6(4-11-12)8(14)13(3-2-9)5-10-7/h4-5H,2-3H2,1H3. The molecule has 0 aromatic carbocycles. The lowest BCUT2D eigenvalue weighted by Gasteiger charge is -2.01. The van der Waals surface area contributed by atoms with Gasteiger partial charge in [-0.3, -0.25) is 14.0 Å². The molecule has 0 amide bonds. The molecule has 0 N–H and O–H groups in total. The van der Waals surface area contributed by atoms with Crippen molar-refractivity contribution in [1.82, 2.24) is 19.3 Å². The maximum atomic E-state index is 11.7. The van der Waals surface area contributed by atoms with Crippen molar-refractivity contribution in [2.24, 2.45) is 7.05 Å². The van der Waals surface area contributed by atoms with E-state index in [9.17, 15) is 4.79 Å². The summed E-state index contributed by atoms with van der Waals surface area (Å²) in [7, 11) is 1.75. The first-order chi connectivity index (χ1) is 6.74. The quantitative estimate of drug-likeness (QED) is 0.676. The van der Waals surface area contributed by atoms with Crippen LogP contribution in [0.3, 0.4) is 0 Å². The normalized spacial score (nSPS) is 11.0. The molecule has 0 radical (unpaired) electrons. The van der Waals surface area contributed by atoms with Crippen molar-refractivity contribution < 1.29 is 0 Å². The predicted molar refractivity (Wildman–Crippen MR) is 53.5 cm³/mol. The van der Waals surface area contributed by atoms with Crippen LogP contribution in [0.15, 0.2) is 17.3 Å². The van der Waals surface area contributed by atoms with E-state index in [1.54, 1.807) is 11.7 Å². The summed E-state index contributed by atoms with van der Waals surface area (Å²) < 4.78 is 3.05. The van der Waals surface area contributed by atoms with Crippen LogP contribution in [0.4, 0.5) is 0 Å². The van der Waals surface area contributed by atoms with Gasteiger partial charge in [0.05, 0.1) is 6.20 Å². The monoisotopic (exact) mass is 212 g/mol. The van der Waals surface area contributed by atoms with E-state index in [0.29, 0.717) is 23.5 Å². The number of hydrogen-bond acceptors (Lipinski definition) is 3. The third-order valence-corrected chi connectivity index (χ3v) is 2.21. The van der Waals surface area contributed by atoms with Gasteiger partial charge < -0.3 is 0 Å². The van der Waals surface area contributed by atoms with E-state index in [2.05, 4.69) is 10.1 Å². The molecule has 0 fully saturated rings. The fourth-order valence-electron chi connectivity index (χ4n) is 1.32. The Morgan fingerprint density at radius 3 is 3.07 bits per heavy atom. The van der Waals surface area contributed by atoms with E-state index >= 15 is 0 Å². The smallest absolute Gasteiger partial charge is 0.264 e. The zero-order chi connectivity index (χ0) is 10.1. The van der Waals surface area contributed by atoms with Crippen LogP contribution in [-0.4, -0.2) is 25.2 Å². The van der Waals surface area contributed by atoms with Crippen LogP contribution in [0.1, 0.15) is 0 Å². The van der Waals surface area contributed by atoms with Gasteiger partial charge in [0.25, 0.3) is 5.56 Å². The van der Waals surface area contributed by atoms with Crippen molar-refractivity contribution in [3.05, 3.63) is 22.9 Å². The van der Waals surface area contributed by atoms with Crippen molar-refractivity contribution in [3.63, 3.8) is 0 Å². The van der Waals surface area contributed by atoms with Gasteiger partial charge in [0.1, 0.15) is 11.7 Å². The van der Waals surface area contributed by atoms with E-state index in [1.807, 2.05) is 0 Å². The van der Waals surface area contributed by atoms with Crippen LogP contribution >= 0.6 is 11.6 Å². The highest BCUT2D eigenvalue weighted by Crippen LogP contribution is 2.02. The van der Waals surface area contributed by atoms with Gasteiger partial charge >= 0.3 is 0 Å². The number of nitrogens with zero attached hydrogens (tertiary/aromatic N) is 4. The molecular formula is C8H9ClN4O. The average Bonchev–Trinajstić information content (AvgIpc) is 2.54. The summed E-state index contributed by atoms with van der Waals surface area (Å²) in [5, 5.41) is 4.49. The van der Waals surface area contributed by atoms with Gasteiger partial charge in [-0.15, -0.1) is 11.6 Å². The number of alkyl halides is 1. The minimum absolute atomic E-state index is 0.0937. The fraction of sp³-hybridized carbons (Fsp3) is 0.375. The molecule has 2 rings (SSSR count). The zero-order valence-corrected chi connectivity index (χ0v) is 8.40. The second kappa shape index (κ2) is 3.42. The largest absolute Gasteiger partial charge is 0.297 e. The molecule has 2 aromatic rings. The first-order valence-electron chi connectivity index (χ1n) is 4.17. The summed E-state index contributed by atoms with van der Waals surface area (Å²) in [6, 6.07) is 0. The van der Waals surface area contributed by atoms with E-state index in [4.69, 9.17) is 11.6 Å². The second-order valence-corrected chi connectivity index (χ2v) is 3.32. The summed E-state index contributed by atoms with van der Waals surface area (Å²) in [6.45, 7) is 0.470. The van der Waals surface area contributed by atoms with Crippen molar-refractivity contribution in [3.8, 4) is 0 Å². The summed E-state index contributed by atoms with van der Waals surface area (Å²) in [6.07, 6.45) is 3.02. The molecule has 0 aliphatic carbocycles. The SMILES string of the molecule is Cn1ncc2c(=O)n(CCCl)cnc21. The van der Waals surface area contributed by atoms with Gasteiger partial charge in [-0.05, 0) is 0 Å². The van der Waals surface area contributed by atoms with Crippen LogP contribution in [0, 0.1) is 0 Å². The van der Waals surface area contributed by atoms with E-state index < -0.39 is 0 Å². The van der Waals surface area contributed by atoms with E-state index in [-0.39, 0.29) is 5.56 Å². The minimum atomic E-state index is -0.0937. The van der Waals surface area contributed by atoms with Crippen molar-refractivity contribution in [2.75, 3.05) is 5.88 Å². The minimum Gasteiger partial charge on any atom is -0.297 e. The maximum Gasteiger partial charge on any atom is 0.264 e. The van der Waals surface area contributed by atoms with Gasteiger partial charge in [-0.1, -0.05) is 0 Å². The van der Waals surface area contributed by atoms with Crippen molar-refractivity contribution in [2.45, 2.75) is 6.54 Å². The van der Waals surface area contributed by atoms with Crippen LogP contribution in [0.25, 0.3) is 11.0 Å². The topological polar surface area (TPSA) is 52.7 Å². The van der Waals surface area contributed by atoms with Crippen LogP contribution in [-0.2, 0) is 13.6 Å². The molecule has 14 heavy (non-hydrogen) atoms. The van der Waals surface area contributed by atoms with Crippen molar-refractivity contribution >= 4 is 22.6 Å². The molecule has 0 saturated carbocycles. The first-order valence-corrected chi connectivity index (χ1v) is 4.70. The Bertz CT molecular complexity index is 516. The zero-order valence-electron chi connectivity index (χ0n) is 7.64. The first kappa shape index (κ1) is 9.21. The molecule has 0 aliphatic rings. The molecule has 0 spiro atoms. The molecule has 0 saturated heterocycles. The number of halogens is 1. The van der Waals surface area contributed by atoms with E-state index in [1.165, 1.54) is 17.1 Å². The summed E-state index contributed by atoms with van der Waals surface area (Å²) in [5.41, 5.74) is 0.504. The molecule has 5 nitrogen and oxygen atoms in total. The third-order valence-electron chi connectivity index (χ3n) is 2.04. The van der Waals surface area contributed by atoms with Gasteiger partial charge in [0.15, 0.2) is 5.65 Å². The molecule has 6 heteroatoms. The van der Waals surface area contributed by atoms with Crippen LogP contribution < -0.4 is 5.56 Å². The molecule has 2 aromatic heterocycles. The molecule has 74 valence electrons. The Labute approximate surface area is 84.9 Å². The Kier molecular flexibility index (Phi) is 2.25. The number of aromatic nitrogens is 4. The Balaban J connectivity index is 2.70. The highest BCUT2D eigenvalue weighted by Gasteiger charge is 2.06. The molecule has 0 bridgehead atoms. The van der Waals surface area contributed by atoms with E-state index in [0.717, 1.165) is 0 Å². The third kappa shape index (κ3) is 1.29. The van der Waals surface area contributed by atoms with Crippen LogP contribution in [0.5, 0.6) is 0 Å². The Hall–Kier alpha value is -1.36. The fourth-order valence-corrected chi connectivity index (χ4v) is 1.50. The Morgan fingerprint density at radius 1 is 1.57 bits per heavy atom. The van der Waals surface area contributed by atoms with Gasteiger partial charge in [0, 0.05) is 19.5 Å². The lowest BCUT2D eigenvalue weighted by Crippen LogP contribution is -2.21. The van der Waals surface area contributed by atoms with Crippen molar-refractivity contribution in [1.29, 1.82) is 0 Å². The second-order valence-electron chi connectivity index (χ2n) is 2.94. The number of aryl methyl sites for hydroxylation is 2. The number of hydrogen-bond donors (Lipinski definition) is 0. The highest BCUT2D eigenvalue weighted by molar-refractivity contribution is 6.17. The summed E-state index contributed by atoms with van der Waals surface area (Å²) >= 11 is 5.56. The van der Waals surface area contributed by atoms with Crippen LogP contribution in [0.2, 0.25) is 0 Å². The number of rotatable bonds is 2. The van der Waals surface area contributed by atoms with Gasteiger partial charge in [0.2, 0.25) is 0 Å². The molecule has 0 atom stereocenters. The Morgan fingerprint density at radius 2 is 2.36 bits per heavy atom. The predicted octanol–water partition coefficient (Wildman–Crippen LogP) is 0.369. The molecular weight excluding hydrogens is 204 g/mol. The number of fused-ring (bicyclic) bond motifs is 1. The lowest BCUT2D eigenvalue weighted by atomic mass is 10.4. The summed E-state index contributed by atoms with van der Waals surface area (Å²) in [4.78, 5) is 15.9. The van der Waals surface area contributed by atoms with Gasteiger partial charge in [-0.2, -0.15) is 5.10 Å². The summed E-state index contributed by atoms with van der Waals surface area (Å²) in [5.74, 6) is 0.396. The molecule has 0 aliphatic heterocycles. The lowest BCUT2D eigenvalue weighted by molar-refractivity contribution is 0.716. The van der Waals surface area contributed by atoms with Gasteiger partial charge in [-0.25, -0.2) is 4.98 Å². The molecule has 2 heterocycles. The highest BCUT2D eigenvalue weighted by atomic mass is 35.5. The molecule has 0 unspecified atom stereocenters. The average molecular weight is 213 g/mol. The maximum absolute atomic E-state index is 11.7.